The lowest BCUT2D eigenvalue weighted by Crippen LogP contribution is -2.13. The number of hydrogen-bond acceptors (Lipinski definition) is 1. The maximum atomic E-state index is 5.77. The second-order valence-electron chi connectivity index (χ2n) is 4.37. The molecule has 0 radical (unpaired) electrons. The summed E-state index contributed by atoms with van der Waals surface area (Å²) < 4.78 is 3.38. The van der Waals surface area contributed by atoms with Crippen molar-refractivity contribution in [2.24, 2.45) is 12.8 Å². The quantitative estimate of drug-likeness (QED) is 0.899. The summed E-state index contributed by atoms with van der Waals surface area (Å²) in [6.07, 6.45) is 0. The Labute approximate surface area is 105 Å². The number of halogens is 1. The molecular formula is C13H17BrN2. The Morgan fingerprint density at radius 1 is 1.44 bits per heavy atom. The third-order valence-electron chi connectivity index (χ3n) is 3.29. The number of nitrogens with two attached hydrogens (primary N) is 1. The summed E-state index contributed by atoms with van der Waals surface area (Å²) in [7, 11) is 2.12. The molecule has 0 spiro atoms. The number of aryl methyl sites for hydroxylation is 2. The first-order chi connectivity index (χ1) is 7.56. The maximum absolute atomic E-state index is 5.77. The van der Waals surface area contributed by atoms with E-state index in [0.717, 1.165) is 4.47 Å². The van der Waals surface area contributed by atoms with Crippen LogP contribution in [0.15, 0.2) is 22.7 Å². The summed E-state index contributed by atoms with van der Waals surface area (Å²) in [5.41, 5.74) is 9.73. The first-order valence-corrected chi connectivity index (χ1v) is 6.30. The zero-order valence-corrected chi connectivity index (χ0v) is 11.5. The Kier molecular flexibility index (Phi) is 3.08. The Bertz CT molecular complexity index is 528. The first kappa shape index (κ1) is 11.7. The zero-order valence-electron chi connectivity index (χ0n) is 9.92. The highest BCUT2D eigenvalue weighted by molar-refractivity contribution is 9.10. The molecule has 0 saturated heterocycles. The summed E-state index contributed by atoms with van der Waals surface area (Å²) >= 11 is 3.52. The van der Waals surface area contributed by atoms with Gasteiger partial charge in [-0.3, -0.25) is 0 Å². The van der Waals surface area contributed by atoms with Crippen molar-refractivity contribution in [2.45, 2.75) is 19.8 Å². The molecule has 0 aliphatic heterocycles. The van der Waals surface area contributed by atoms with Crippen molar-refractivity contribution in [3.05, 3.63) is 33.9 Å². The van der Waals surface area contributed by atoms with Gasteiger partial charge in [-0.25, -0.2) is 0 Å². The van der Waals surface area contributed by atoms with Crippen LogP contribution in [-0.4, -0.2) is 11.1 Å². The van der Waals surface area contributed by atoms with Gasteiger partial charge in [0.1, 0.15) is 0 Å². The van der Waals surface area contributed by atoms with Gasteiger partial charge in [0, 0.05) is 40.6 Å². The van der Waals surface area contributed by atoms with Crippen molar-refractivity contribution in [1.29, 1.82) is 0 Å². The van der Waals surface area contributed by atoms with Crippen LogP contribution >= 0.6 is 15.9 Å². The van der Waals surface area contributed by atoms with E-state index in [1.165, 1.54) is 22.2 Å². The lowest BCUT2D eigenvalue weighted by molar-refractivity contribution is 0.697. The standard InChI is InChI=1S/C13H17BrN2/c1-8(7-15)13-9(2)11-6-10(14)4-5-12(11)16(13)3/h4-6,8H,7,15H2,1-3H3. The molecule has 0 saturated carbocycles. The molecule has 2 N–H and O–H groups in total. The second-order valence-corrected chi connectivity index (χ2v) is 5.28. The summed E-state index contributed by atoms with van der Waals surface area (Å²) in [6.45, 7) is 5.04. The van der Waals surface area contributed by atoms with Crippen molar-refractivity contribution in [3.8, 4) is 0 Å². The van der Waals surface area contributed by atoms with Crippen molar-refractivity contribution < 1.29 is 0 Å². The van der Waals surface area contributed by atoms with E-state index in [9.17, 15) is 0 Å². The minimum atomic E-state index is 0.399. The highest BCUT2D eigenvalue weighted by Crippen LogP contribution is 2.31. The molecule has 2 aromatic rings. The number of benzene rings is 1. The third kappa shape index (κ3) is 1.68. The lowest BCUT2D eigenvalue weighted by atomic mass is 10.0. The molecule has 1 heterocycles. The number of aromatic nitrogens is 1. The van der Waals surface area contributed by atoms with Crippen molar-refractivity contribution >= 4 is 26.8 Å². The second kappa shape index (κ2) is 4.22. The van der Waals surface area contributed by atoms with Crippen LogP contribution in [0.3, 0.4) is 0 Å². The third-order valence-corrected chi connectivity index (χ3v) is 3.78. The molecule has 1 atom stereocenters. The van der Waals surface area contributed by atoms with E-state index in [1.54, 1.807) is 0 Å². The van der Waals surface area contributed by atoms with Gasteiger partial charge >= 0.3 is 0 Å². The molecular weight excluding hydrogens is 264 g/mol. The summed E-state index contributed by atoms with van der Waals surface area (Å²) in [5.74, 6) is 0.399. The molecule has 2 rings (SSSR count). The number of rotatable bonds is 2. The number of nitrogens with zero attached hydrogens (tertiary/aromatic N) is 1. The number of fused-ring (bicyclic) bond motifs is 1. The summed E-state index contributed by atoms with van der Waals surface area (Å²) in [5, 5.41) is 1.31. The normalized spacial score (nSPS) is 13.3. The van der Waals surface area contributed by atoms with E-state index < -0.39 is 0 Å². The fourth-order valence-corrected chi connectivity index (χ4v) is 2.79. The molecule has 2 nitrogen and oxygen atoms in total. The number of hydrogen-bond donors (Lipinski definition) is 1. The van der Waals surface area contributed by atoms with Crippen LogP contribution in [0.25, 0.3) is 10.9 Å². The van der Waals surface area contributed by atoms with Crippen molar-refractivity contribution in [3.63, 3.8) is 0 Å². The van der Waals surface area contributed by atoms with Crippen molar-refractivity contribution in [2.75, 3.05) is 6.54 Å². The van der Waals surface area contributed by atoms with E-state index in [1.807, 2.05) is 0 Å². The largest absolute Gasteiger partial charge is 0.347 e. The van der Waals surface area contributed by atoms with Crippen LogP contribution < -0.4 is 5.73 Å². The van der Waals surface area contributed by atoms with Gasteiger partial charge < -0.3 is 10.3 Å². The van der Waals surface area contributed by atoms with Crippen LogP contribution in [0.1, 0.15) is 24.1 Å². The topological polar surface area (TPSA) is 30.9 Å². The zero-order chi connectivity index (χ0) is 11.9. The van der Waals surface area contributed by atoms with Gasteiger partial charge in [0.25, 0.3) is 0 Å². The smallest absolute Gasteiger partial charge is 0.0483 e. The maximum Gasteiger partial charge on any atom is 0.0483 e. The predicted octanol–water partition coefficient (Wildman–Crippen LogP) is 3.31. The highest BCUT2D eigenvalue weighted by atomic mass is 79.9. The van der Waals surface area contributed by atoms with Crippen LogP contribution in [0.5, 0.6) is 0 Å². The van der Waals surface area contributed by atoms with Gasteiger partial charge in [0.15, 0.2) is 0 Å². The highest BCUT2D eigenvalue weighted by Gasteiger charge is 2.16. The van der Waals surface area contributed by atoms with E-state index in [2.05, 4.69) is 59.6 Å². The monoisotopic (exact) mass is 280 g/mol. The molecule has 3 heteroatoms. The predicted molar refractivity (Wildman–Crippen MR) is 72.8 cm³/mol. The average Bonchev–Trinajstić information content (AvgIpc) is 2.51. The molecule has 0 aliphatic rings. The molecule has 86 valence electrons. The van der Waals surface area contributed by atoms with E-state index >= 15 is 0 Å². The Morgan fingerprint density at radius 2 is 2.12 bits per heavy atom. The van der Waals surface area contributed by atoms with Crippen LogP contribution in [0.4, 0.5) is 0 Å². The summed E-state index contributed by atoms with van der Waals surface area (Å²) in [6, 6.07) is 6.41. The molecule has 0 aliphatic carbocycles. The average molecular weight is 281 g/mol. The minimum absolute atomic E-state index is 0.399. The Balaban J connectivity index is 2.76. The van der Waals surface area contributed by atoms with Gasteiger partial charge in [-0.1, -0.05) is 22.9 Å². The molecule has 0 amide bonds. The minimum Gasteiger partial charge on any atom is -0.347 e. The van der Waals surface area contributed by atoms with Gasteiger partial charge in [-0.2, -0.15) is 0 Å². The van der Waals surface area contributed by atoms with Gasteiger partial charge in [-0.15, -0.1) is 0 Å². The van der Waals surface area contributed by atoms with Gasteiger partial charge in [0.2, 0.25) is 0 Å². The fraction of sp³-hybridized carbons (Fsp3) is 0.385. The Hall–Kier alpha value is -0.800. The molecule has 0 bridgehead atoms. The summed E-state index contributed by atoms with van der Waals surface area (Å²) in [4.78, 5) is 0. The molecule has 16 heavy (non-hydrogen) atoms. The van der Waals surface area contributed by atoms with Crippen LogP contribution in [-0.2, 0) is 7.05 Å². The van der Waals surface area contributed by atoms with Crippen molar-refractivity contribution in [1.82, 2.24) is 4.57 Å². The van der Waals surface area contributed by atoms with E-state index in [4.69, 9.17) is 5.73 Å². The van der Waals surface area contributed by atoms with Crippen LogP contribution in [0, 0.1) is 6.92 Å². The molecule has 1 aromatic carbocycles. The van der Waals surface area contributed by atoms with Gasteiger partial charge in [-0.05, 0) is 30.7 Å². The SMILES string of the molecule is Cc1c(C(C)CN)n(C)c2ccc(Br)cc12. The van der Waals surface area contributed by atoms with Crippen LogP contribution in [0.2, 0.25) is 0 Å². The Morgan fingerprint density at radius 3 is 2.75 bits per heavy atom. The molecule has 0 fully saturated rings. The van der Waals surface area contributed by atoms with E-state index in [-0.39, 0.29) is 0 Å². The van der Waals surface area contributed by atoms with Gasteiger partial charge in [0.05, 0.1) is 0 Å². The fourth-order valence-electron chi connectivity index (χ4n) is 2.43. The first-order valence-electron chi connectivity index (χ1n) is 5.50. The van der Waals surface area contributed by atoms with E-state index in [0.29, 0.717) is 12.5 Å². The lowest BCUT2D eigenvalue weighted by Gasteiger charge is -2.12. The molecule has 1 aromatic heterocycles. The molecule has 1 unspecified atom stereocenters.